The molecular weight excluding hydrogens is 631 g/mol. The number of fused-ring (bicyclic) bond motifs is 1. The Hall–Kier alpha value is -4.59. The Balaban J connectivity index is 1.61. The minimum atomic E-state index is -5.22. The van der Waals surface area contributed by atoms with Gasteiger partial charge in [-0.3, -0.25) is 4.90 Å². The van der Waals surface area contributed by atoms with E-state index >= 15 is 4.39 Å². The zero-order valence-electron chi connectivity index (χ0n) is 25.7. The number of nitrogens with two attached hydrogens (primary N) is 1. The van der Waals surface area contributed by atoms with Crippen LogP contribution in [0.5, 0.6) is 5.75 Å². The number of primary amides is 1. The Morgan fingerprint density at radius 3 is 2.36 bits per heavy atom. The molecule has 0 radical (unpaired) electrons. The fraction of sp³-hybridized carbons (Fsp3) is 0.333. The van der Waals surface area contributed by atoms with E-state index in [-0.39, 0.29) is 37.6 Å². The average molecular weight is 664 g/mol. The molecule has 2 amide bonds. The highest BCUT2D eigenvalue weighted by molar-refractivity contribution is 5.88. The summed E-state index contributed by atoms with van der Waals surface area (Å²) in [5.74, 6) is -0.803. The van der Waals surface area contributed by atoms with Crippen molar-refractivity contribution in [1.82, 2.24) is 14.7 Å². The number of nitrogens with one attached hydrogen (secondary N) is 1. The van der Waals surface area contributed by atoms with Gasteiger partial charge in [0, 0.05) is 48.4 Å². The van der Waals surface area contributed by atoms with Crippen molar-refractivity contribution in [3.63, 3.8) is 0 Å². The molecule has 3 N–H and O–H groups in total. The number of ether oxygens (including phenoxy) is 1. The number of hydrogen-bond donors (Lipinski definition) is 2. The van der Waals surface area contributed by atoms with Crippen LogP contribution in [0.3, 0.4) is 0 Å². The number of benzene rings is 3. The number of aryl methyl sites for hydroxylation is 1. The monoisotopic (exact) mass is 663 g/mol. The van der Waals surface area contributed by atoms with Crippen LogP contribution in [0.2, 0.25) is 0 Å². The largest absolute Gasteiger partial charge is 0.491 e. The van der Waals surface area contributed by atoms with Crippen LogP contribution >= 0.6 is 0 Å². The molecule has 14 heteroatoms. The predicted molar refractivity (Wildman–Crippen MR) is 161 cm³/mol. The maximum Gasteiger partial charge on any atom is 0.416 e. The second-order valence-corrected chi connectivity index (χ2v) is 11.8. The molecule has 0 saturated carbocycles. The summed E-state index contributed by atoms with van der Waals surface area (Å²) >= 11 is 0. The van der Waals surface area contributed by atoms with E-state index in [2.05, 4.69) is 5.32 Å². The van der Waals surface area contributed by atoms with E-state index in [1.165, 1.54) is 0 Å². The van der Waals surface area contributed by atoms with Gasteiger partial charge in [-0.2, -0.15) is 31.4 Å². The van der Waals surface area contributed by atoms with Crippen molar-refractivity contribution in [2.45, 2.75) is 52.6 Å². The second-order valence-electron chi connectivity index (χ2n) is 11.8. The Morgan fingerprint density at radius 1 is 1.04 bits per heavy atom. The van der Waals surface area contributed by atoms with Crippen molar-refractivity contribution < 1.29 is 40.3 Å². The first kappa shape index (κ1) is 33.8. The first-order valence-corrected chi connectivity index (χ1v) is 14.7. The lowest BCUT2D eigenvalue weighted by Crippen LogP contribution is -2.31. The third-order valence-corrected chi connectivity index (χ3v) is 7.73. The lowest BCUT2D eigenvalue weighted by atomic mass is 9.98. The van der Waals surface area contributed by atoms with E-state index < -0.39 is 47.4 Å². The number of carbonyl (C=O) groups excluding carboxylic acids is 1. The third-order valence-electron chi connectivity index (χ3n) is 7.73. The molecular formula is C33H32F7N5O2. The van der Waals surface area contributed by atoms with Crippen LogP contribution in [0.1, 0.15) is 47.4 Å². The van der Waals surface area contributed by atoms with Crippen molar-refractivity contribution in [1.29, 1.82) is 0 Å². The topological polar surface area (TPSA) is 85.4 Å². The van der Waals surface area contributed by atoms with Crippen molar-refractivity contribution in [3.8, 4) is 22.7 Å². The minimum absolute atomic E-state index is 0.0256. The Bertz CT molecular complexity index is 1780. The molecule has 1 aromatic heterocycles. The number of urea groups is 1. The average Bonchev–Trinajstić information content (AvgIpc) is 3.34. The molecule has 0 unspecified atom stereocenters. The molecule has 1 aliphatic heterocycles. The van der Waals surface area contributed by atoms with Crippen LogP contribution < -0.4 is 15.8 Å². The quantitative estimate of drug-likeness (QED) is 0.187. The van der Waals surface area contributed by atoms with Crippen molar-refractivity contribution in [3.05, 3.63) is 93.9 Å². The van der Waals surface area contributed by atoms with Gasteiger partial charge in [0.25, 0.3) is 0 Å². The van der Waals surface area contributed by atoms with Gasteiger partial charge in [0.05, 0.1) is 29.1 Å². The van der Waals surface area contributed by atoms with E-state index in [4.69, 9.17) is 15.6 Å². The van der Waals surface area contributed by atoms with Crippen LogP contribution in [0.4, 0.5) is 41.2 Å². The molecule has 4 aromatic rings. The highest BCUT2D eigenvalue weighted by Crippen LogP contribution is 2.41. The van der Waals surface area contributed by atoms with Gasteiger partial charge in [-0.05, 0) is 48.7 Å². The summed E-state index contributed by atoms with van der Waals surface area (Å²) in [6, 6.07) is 11.6. The maximum absolute atomic E-state index is 15.0. The standard InChI is InChI=1S/C33H32F7N5O2/c1-18(2)17-47-28-6-4-5-19(3)29(28)45-30(20-7-9-22(10-8-20)42-31(41)46)24-16-44(12-11-27(24)43-45)15-23-25(33(38,39)40)13-21(14-26(23)34)32(35,36)37/h4-10,13-14,18H,11-12,15-17H2,1-3H3,(H3,41,42,46). The van der Waals surface area contributed by atoms with Crippen molar-refractivity contribution in [2.24, 2.45) is 11.7 Å². The summed E-state index contributed by atoms with van der Waals surface area (Å²) in [6.07, 6.45) is -10.1. The van der Waals surface area contributed by atoms with Gasteiger partial charge in [0.15, 0.2) is 0 Å². The summed E-state index contributed by atoms with van der Waals surface area (Å²) < 4.78 is 105. The normalized spacial score (nSPS) is 13.9. The Labute approximate surface area is 266 Å². The number of rotatable bonds is 8. The highest BCUT2D eigenvalue weighted by atomic mass is 19.4. The second kappa shape index (κ2) is 12.9. The highest BCUT2D eigenvalue weighted by Gasteiger charge is 2.40. The van der Waals surface area contributed by atoms with Crippen molar-refractivity contribution in [2.75, 3.05) is 18.5 Å². The Kier molecular flexibility index (Phi) is 9.26. The van der Waals surface area contributed by atoms with Crippen LogP contribution in [0.25, 0.3) is 16.9 Å². The summed E-state index contributed by atoms with van der Waals surface area (Å²) in [4.78, 5) is 12.9. The molecule has 0 fully saturated rings. The van der Waals surface area contributed by atoms with Gasteiger partial charge in [0.2, 0.25) is 0 Å². The van der Waals surface area contributed by atoms with Gasteiger partial charge in [-0.1, -0.05) is 38.1 Å². The van der Waals surface area contributed by atoms with Gasteiger partial charge in [-0.15, -0.1) is 0 Å². The van der Waals surface area contributed by atoms with E-state index in [9.17, 15) is 31.1 Å². The smallest absolute Gasteiger partial charge is 0.416 e. The number of nitrogens with zero attached hydrogens (tertiary/aromatic N) is 3. The molecule has 0 spiro atoms. The molecule has 7 nitrogen and oxygen atoms in total. The van der Waals surface area contributed by atoms with E-state index in [0.717, 1.165) is 5.56 Å². The zero-order valence-corrected chi connectivity index (χ0v) is 25.7. The summed E-state index contributed by atoms with van der Waals surface area (Å²) in [5, 5.41) is 7.40. The molecule has 0 bridgehead atoms. The Morgan fingerprint density at radius 2 is 1.74 bits per heavy atom. The van der Waals surface area contributed by atoms with E-state index in [0.29, 0.717) is 46.2 Å². The maximum atomic E-state index is 15.0. The predicted octanol–water partition coefficient (Wildman–Crippen LogP) is 8.11. The van der Waals surface area contributed by atoms with E-state index in [1.807, 2.05) is 39.0 Å². The third kappa shape index (κ3) is 7.37. The lowest BCUT2D eigenvalue weighted by molar-refractivity contribution is -0.144. The van der Waals surface area contributed by atoms with Crippen LogP contribution in [0.15, 0.2) is 54.6 Å². The number of aromatic nitrogens is 2. The fourth-order valence-electron chi connectivity index (χ4n) is 5.59. The SMILES string of the molecule is Cc1cccc(OCC(C)C)c1-n1nc2c(c1-c1ccc(NC(N)=O)cc1)CN(Cc1c(F)cc(C(F)(F)F)cc1C(F)(F)F)CC2. The lowest BCUT2D eigenvalue weighted by Gasteiger charge is -2.28. The molecule has 250 valence electrons. The molecule has 0 saturated heterocycles. The summed E-state index contributed by atoms with van der Waals surface area (Å²) in [7, 11) is 0. The summed E-state index contributed by atoms with van der Waals surface area (Å²) in [6.45, 7) is 5.94. The number of hydrogen-bond acceptors (Lipinski definition) is 4. The fourth-order valence-corrected chi connectivity index (χ4v) is 5.59. The van der Waals surface area contributed by atoms with Crippen LogP contribution in [-0.2, 0) is 31.9 Å². The molecule has 5 rings (SSSR count). The number of para-hydroxylation sites is 1. The molecule has 3 aromatic carbocycles. The van der Waals surface area contributed by atoms with Crippen LogP contribution in [0, 0.1) is 18.7 Å². The number of amides is 2. The van der Waals surface area contributed by atoms with E-state index in [1.54, 1.807) is 33.8 Å². The van der Waals surface area contributed by atoms with Gasteiger partial charge < -0.3 is 15.8 Å². The number of anilines is 1. The van der Waals surface area contributed by atoms with Gasteiger partial charge in [0.1, 0.15) is 17.3 Å². The molecule has 2 heterocycles. The first-order valence-electron chi connectivity index (χ1n) is 14.7. The number of alkyl halides is 6. The van der Waals surface area contributed by atoms with Crippen molar-refractivity contribution >= 4 is 11.7 Å². The first-order chi connectivity index (χ1) is 22.0. The van der Waals surface area contributed by atoms with Gasteiger partial charge >= 0.3 is 18.4 Å². The minimum Gasteiger partial charge on any atom is -0.491 e. The number of halogens is 7. The van der Waals surface area contributed by atoms with Crippen LogP contribution in [-0.4, -0.2) is 33.9 Å². The summed E-state index contributed by atoms with van der Waals surface area (Å²) in [5.41, 5.74) is 5.44. The molecule has 47 heavy (non-hydrogen) atoms. The number of carbonyl (C=O) groups is 1. The molecule has 0 atom stereocenters. The van der Waals surface area contributed by atoms with Gasteiger partial charge in [-0.25, -0.2) is 13.9 Å². The molecule has 0 aliphatic carbocycles. The zero-order chi connectivity index (χ0) is 34.3. The molecule has 1 aliphatic rings.